The predicted molar refractivity (Wildman–Crippen MR) is 115 cm³/mol. The SMILES string of the molecule is O=C(c1cc(Cl)ccc1Cl)N(CCCn1ccnc1)c1nc2c(F)cccc2s1. The van der Waals surface area contributed by atoms with Gasteiger partial charge in [-0.2, -0.15) is 0 Å². The van der Waals surface area contributed by atoms with Crippen LogP contribution in [0.15, 0.2) is 55.1 Å². The summed E-state index contributed by atoms with van der Waals surface area (Å²) >= 11 is 13.6. The topological polar surface area (TPSA) is 51.0 Å². The molecule has 0 saturated carbocycles. The number of hydrogen-bond acceptors (Lipinski definition) is 4. The van der Waals surface area contributed by atoms with Crippen molar-refractivity contribution in [1.82, 2.24) is 14.5 Å². The molecule has 0 aliphatic heterocycles. The van der Waals surface area contributed by atoms with Crippen LogP contribution in [-0.4, -0.2) is 27.0 Å². The van der Waals surface area contributed by atoms with E-state index in [1.165, 1.54) is 28.4 Å². The summed E-state index contributed by atoms with van der Waals surface area (Å²) in [5, 5.41) is 1.12. The summed E-state index contributed by atoms with van der Waals surface area (Å²) < 4.78 is 16.7. The third kappa shape index (κ3) is 4.27. The molecule has 1 amide bonds. The molecule has 0 radical (unpaired) electrons. The minimum atomic E-state index is -0.420. The van der Waals surface area contributed by atoms with Gasteiger partial charge in [-0.05, 0) is 36.8 Å². The minimum Gasteiger partial charge on any atom is -0.337 e. The second-order valence-corrected chi connectivity index (χ2v) is 8.17. The number of aryl methyl sites for hydroxylation is 1. The van der Waals surface area contributed by atoms with Gasteiger partial charge in [0, 0.05) is 30.5 Å². The van der Waals surface area contributed by atoms with E-state index in [-0.39, 0.29) is 17.0 Å². The zero-order valence-corrected chi connectivity index (χ0v) is 17.4. The standard InChI is InChI=1S/C20H15Cl2FN4OS/c21-13-5-6-15(22)14(11-13)19(28)27(9-2-8-26-10-7-24-12-26)20-25-18-16(23)3-1-4-17(18)29-20/h1,3-7,10-12H,2,8-9H2. The molecule has 4 aromatic rings. The number of halogens is 3. The van der Waals surface area contributed by atoms with Crippen LogP contribution in [0.4, 0.5) is 9.52 Å². The van der Waals surface area contributed by atoms with Crippen LogP contribution in [0.25, 0.3) is 10.2 Å². The predicted octanol–water partition coefficient (Wildman–Crippen LogP) is 5.68. The van der Waals surface area contributed by atoms with Crippen LogP contribution in [0, 0.1) is 5.82 Å². The average molecular weight is 449 g/mol. The summed E-state index contributed by atoms with van der Waals surface area (Å²) in [6.45, 7) is 1.05. The first kappa shape index (κ1) is 19.8. The fourth-order valence-electron chi connectivity index (χ4n) is 2.94. The highest BCUT2D eigenvalue weighted by atomic mass is 35.5. The Kier molecular flexibility index (Phi) is 5.80. The Morgan fingerprint density at radius 3 is 2.86 bits per heavy atom. The fraction of sp³-hybridized carbons (Fsp3) is 0.150. The molecule has 4 rings (SSSR count). The van der Waals surface area contributed by atoms with Gasteiger partial charge in [-0.3, -0.25) is 9.69 Å². The van der Waals surface area contributed by atoms with E-state index in [4.69, 9.17) is 23.2 Å². The summed E-state index contributed by atoms with van der Waals surface area (Å²) in [6.07, 6.45) is 5.92. The molecule has 2 heterocycles. The Morgan fingerprint density at radius 1 is 1.24 bits per heavy atom. The van der Waals surface area contributed by atoms with Crippen LogP contribution in [0.1, 0.15) is 16.8 Å². The summed E-state index contributed by atoms with van der Waals surface area (Å²) in [7, 11) is 0. The van der Waals surface area contributed by atoms with E-state index >= 15 is 0 Å². The lowest BCUT2D eigenvalue weighted by Gasteiger charge is -2.20. The highest BCUT2D eigenvalue weighted by Crippen LogP contribution is 2.32. The summed E-state index contributed by atoms with van der Waals surface area (Å²) in [4.78, 5) is 23.2. The molecule has 9 heteroatoms. The van der Waals surface area contributed by atoms with Gasteiger partial charge in [0.15, 0.2) is 5.13 Å². The largest absolute Gasteiger partial charge is 0.337 e. The molecule has 0 aliphatic carbocycles. The first-order valence-corrected chi connectivity index (χ1v) is 10.4. The lowest BCUT2D eigenvalue weighted by Crippen LogP contribution is -2.32. The zero-order valence-electron chi connectivity index (χ0n) is 15.1. The molecule has 0 bridgehead atoms. The molecule has 2 aromatic heterocycles. The number of carbonyl (C=O) groups is 1. The van der Waals surface area contributed by atoms with Crippen molar-refractivity contribution < 1.29 is 9.18 Å². The van der Waals surface area contributed by atoms with Gasteiger partial charge in [0.2, 0.25) is 0 Å². The number of nitrogens with zero attached hydrogens (tertiary/aromatic N) is 4. The van der Waals surface area contributed by atoms with Crippen LogP contribution in [0.5, 0.6) is 0 Å². The molecule has 2 aromatic carbocycles. The molecule has 29 heavy (non-hydrogen) atoms. The highest BCUT2D eigenvalue weighted by Gasteiger charge is 2.24. The number of aromatic nitrogens is 3. The van der Waals surface area contributed by atoms with Crippen LogP contribution in [0.2, 0.25) is 10.0 Å². The van der Waals surface area contributed by atoms with E-state index in [1.807, 2.05) is 10.8 Å². The third-order valence-electron chi connectivity index (χ3n) is 4.35. The van der Waals surface area contributed by atoms with Gasteiger partial charge >= 0.3 is 0 Å². The maximum absolute atomic E-state index is 14.1. The molecule has 0 fully saturated rings. The van der Waals surface area contributed by atoms with Crippen molar-refractivity contribution in [3.63, 3.8) is 0 Å². The average Bonchev–Trinajstić information content (AvgIpc) is 3.37. The number of thiazole rings is 1. The van der Waals surface area contributed by atoms with E-state index in [9.17, 15) is 9.18 Å². The monoisotopic (exact) mass is 448 g/mol. The Bertz CT molecular complexity index is 1160. The maximum Gasteiger partial charge on any atom is 0.261 e. The third-order valence-corrected chi connectivity index (χ3v) is 5.96. The highest BCUT2D eigenvalue weighted by molar-refractivity contribution is 7.22. The van der Waals surface area contributed by atoms with E-state index in [0.29, 0.717) is 39.4 Å². The van der Waals surface area contributed by atoms with Crippen LogP contribution >= 0.6 is 34.5 Å². The number of hydrogen-bond donors (Lipinski definition) is 0. The Labute approximate surface area is 180 Å². The normalized spacial score (nSPS) is 11.1. The molecular weight excluding hydrogens is 434 g/mol. The summed E-state index contributed by atoms with van der Waals surface area (Å²) in [5.74, 6) is -0.751. The Hall–Kier alpha value is -2.48. The van der Waals surface area contributed by atoms with Gasteiger partial charge < -0.3 is 4.57 Å². The molecule has 5 nitrogen and oxygen atoms in total. The van der Waals surface area contributed by atoms with Crippen molar-refractivity contribution in [2.75, 3.05) is 11.4 Å². The lowest BCUT2D eigenvalue weighted by atomic mass is 10.2. The van der Waals surface area contributed by atoms with E-state index in [1.54, 1.807) is 36.8 Å². The van der Waals surface area contributed by atoms with Crippen LogP contribution < -0.4 is 4.90 Å². The van der Waals surface area contributed by atoms with E-state index < -0.39 is 5.82 Å². The van der Waals surface area contributed by atoms with Crippen LogP contribution in [0.3, 0.4) is 0 Å². The zero-order chi connectivity index (χ0) is 20.4. The molecule has 0 N–H and O–H groups in total. The molecule has 0 unspecified atom stereocenters. The van der Waals surface area contributed by atoms with Crippen molar-refractivity contribution in [3.05, 3.63) is 76.5 Å². The number of benzene rings is 2. The smallest absolute Gasteiger partial charge is 0.261 e. The molecule has 0 atom stereocenters. The lowest BCUT2D eigenvalue weighted by molar-refractivity contribution is 0.0986. The minimum absolute atomic E-state index is 0.247. The van der Waals surface area contributed by atoms with Gasteiger partial charge in [-0.15, -0.1) is 0 Å². The van der Waals surface area contributed by atoms with Gasteiger partial charge in [0.1, 0.15) is 11.3 Å². The number of amides is 1. The molecule has 0 aliphatic rings. The van der Waals surface area contributed by atoms with Crippen molar-refractivity contribution in [2.45, 2.75) is 13.0 Å². The van der Waals surface area contributed by atoms with Gasteiger partial charge in [-0.25, -0.2) is 14.4 Å². The number of imidazole rings is 1. The summed E-state index contributed by atoms with van der Waals surface area (Å²) in [5.41, 5.74) is 0.527. The molecule has 0 spiro atoms. The van der Waals surface area contributed by atoms with Crippen molar-refractivity contribution in [3.8, 4) is 0 Å². The van der Waals surface area contributed by atoms with Gasteiger partial charge in [0.05, 0.1) is 21.6 Å². The maximum atomic E-state index is 14.1. The molecular formula is C20H15Cl2FN4OS. The first-order valence-electron chi connectivity index (χ1n) is 8.80. The van der Waals surface area contributed by atoms with Crippen LogP contribution in [-0.2, 0) is 6.54 Å². The fourth-order valence-corrected chi connectivity index (χ4v) is 4.31. The van der Waals surface area contributed by atoms with Gasteiger partial charge in [0.25, 0.3) is 5.91 Å². The molecule has 0 saturated heterocycles. The quantitative estimate of drug-likeness (QED) is 0.381. The van der Waals surface area contributed by atoms with Crippen molar-refractivity contribution in [2.24, 2.45) is 0 Å². The number of fused-ring (bicyclic) bond motifs is 1. The number of rotatable bonds is 6. The second kappa shape index (κ2) is 8.49. The van der Waals surface area contributed by atoms with Gasteiger partial charge in [-0.1, -0.05) is 40.6 Å². The van der Waals surface area contributed by atoms with Crippen molar-refractivity contribution >= 4 is 55.8 Å². The summed E-state index contributed by atoms with van der Waals surface area (Å²) in [6, 6.07) is 9.49. The Morgan fingerprint density at radius 2 is 2.10 bits per heavy atom. The van der Waals surface area contributed by atoms with E-state index in [2.05, 4.69) is 9.97 Å². The number of para-hydroxylation sites is 1. The van der Waals surface area contributed by atoms with Crippen molar-refractivity contribution in [1.29, 1.82) is 0 Å². The molecule has 148 valence electrons. The number of anilines is 1. The second-order valence-electron chi connectivity index (χ2n) is 6.32. The Balaban J connectivity index is 1.68. The van der Waals surface area contributed by atoms with E-state index in [0.717, 1.165) is 0 Å². The number of carbonyl (C=O) groups excluding carboxylic acids is 1. The first-order chi connectivity index (χ1) is 14.0.